The normalized spacial score (nSPS) is 25.2. The van der Waals surface area contributed by atoms with Crippen LogP contribution in [-0.4, -0.2) is 42.3 Å². The largest absolute Gasteiger partial charge is 0.451 e. The molecule has 28 heavy (non-hydrogen) atoms. The Morgan fingerprint density at radius 2 is 1.93 bits per heavy atom. The Bertz CT molecular complexity index is 806. The van der Waals surface area contributed by atoms with Gasteiger partial charge in [-0.2, -0.15) is 0 Å². The first-order valence-corrected chi connectivity index (χ1v) is 9.74. The topological polar surface area (TPSA) is 92.8 Å². The summed E-state index contributed by atoms with van der Waals surface area (Å²) in [5, 5.41) is 2.98. The van der Waals surface area contributed by atoms with Crippen LogP contribution in [0.2, 0.25) is 0 Å². The average Bonchev–Trinajstić information content (AvgIpc) is 2.90. The molecule has 2 amide bonds. The molecular formula is C21H26N2O5. The predicted molar refractivity (Wildman–Crippen MR) is 103 cm³/mol. The molecule has 1 aliphatic carbocycles. The van der Waals surface area contributed by atoms with Gasteiger partial charge in [-0.05, 0) is 37.3 Å². The first-order valence-electron chi connectivity index (χ1n) is 9.74. The van der Waals surface area contributed by atoms with Gasteiger partial charge < -0.3 is 10.1 Å². The van der Waals surface area contributed by atoms with Crippen molar-refractivity contribution in [3.05, 3.63) is 29.8 Å². The zero-order chi connectivity index (χ0) is 20.4. The molecule has 1 aromatic rings. The molecule has 1 heterocycles. The number of ketones is 1. The second-order valence-electron chi connectivity index (χ2n) is 7.75. The van der Waals surface area contributed by atoms with Crippen molar-refractivity contribution in [3.63, 3.8) is 0 Å². The predicted octanol–water partition coefficient (Wildman–Crippen LogP) is 2.09. The van der Waals surface area contributed by atoms with E-state index in [4.69, 9.17) is 4.74 Å². The highest BCUT2D eigenvalue weighted by atomic mass is 16.5. The van der Waals surface area contributed by atoms with E-state index in [1.807, 2.05) is 0 Å². The van der Waals surface area contributed by atoms with Crippen LogP contribution >= 0.6 is 0 Å². The van der Waals surface area contributed by atoms with Crippen LogP contribution in [0, 0.1) is 11.8 Å². The fraction of sp³-hybridized carbons (Fsp3) is 0.524. The van der Waals surface area contributed by atoms with Gasteiger partial charge in [-0.3, -0.25) is 24.1 Å². The van der Waals surface area contributed by atoms with Crippen LogP contribution in [-0.2, 0) is 19.1 Å². The van der Waals surface area contributed by atoms with Crippen molar-refractivity contribution in [2.24, 2.45) is 11.8 Å². The van der Waals surface area contributed by atoms with Crippen LogP contribution in [0.15, 0.2) is 24.3 Å². The van der Waals surface area contributed by atoms with Gasteiger partial charge in [0.15, 0.2) is 6.10 Å². The number of nitrogens with zero attached hydrogens (tertiary/aromatic N) is 1. The Kier molecular flexibility index (Phi) is 5.82. The second kappa shape index (κ2) is 8.12. The molecule has 0 spiro atoms. The molecular weight excluding hydrogens is 360 g/mol. The third-order valence-corrected chi connectivity index (χ3v) is 5.88. The number of benzene rings is 1. The fourth-order valence-corrected chi connectivity index (χ4v) is 3.91. The van der Waals surface area contributed by atoms with Gasteiger partial charge in [-0.25, -0.2) is 0 Å². The molecule has 1 aromatic carbocycles. The number of hydrogen-bond acceptors (Lipinski definition) is 5. The van der Waals surface area contributed by atoms with E-state index in [9.17, 15) is 19.2 Å². The first kappa shape index (κ1) is 20.0. The molecule has 7 heteroatoms. The lowest BCUT2D eigenvalue weighted by atomic mass is 9.78. The third-order valence-electron chi connectivity index (χ3n) is 5.88. The summed E-state index contributed by atoms with van der Waals surface area (Å²) in [6, 6.07) is 6.56. The number of Topliss-reactive ketones (excluding diaryl/α,β-unsaturated/α-hetero) is 1. The Morgan fingerprint density at radius 3 is 2.68 bits per heavy atom. The average molecular weight is 386 g/mol. The maximum atomic E-state index is 12.4. The van der Waals surface area contributed by atoms with Gasteiger partial charge in [-0.15, -0.1) is 0 Å². The summed E-state index contributed by atoms with van der Waals surface area (Å²) >= 11 is 0. The van der Waals surface area contributed by atoms with E-state index in [2.05, 4.69) is 19.2 Å². The molecule has 0 saturated heterocycles. The molecule has 1 N–H and O–H groups in total. The maximum absolute atomic E-state index is 12.4. The van der Waals surface area contributed by atoms with Crippen LogP contribution in [0.3, 0.4) is 0 Å². The van der Waals surface area contributed by atoms with Crippen molar-refractivity contribution in [2.75, 3.05) is 11.4 Å². The molecule has 0 bridgehead atoms. The highest BCUT2D eigenvalue weighted by Crippen LogP contribution is 2.30. The number of fused-ring (bicyclic) bond motifs is 1. The first-order chi connectivity index (χ1) is 13.3. The van der Waals surface area contributed by atoms with E-state index in [0.717, 1.165) is 24.2 Å². The highest BCUT2D eigenvalue weighted by Gasteiger charge is 2.37. The summed E-state index contributed by atoms with van der Waals surface area (Å²) < 4.78 is 5.22. The molecule has 0 aromatic heterocycles. The molecule has 1 saturated carbocycles. The molecule has 2 aliphatic rings. The quantitative estimate of drug-likeness (QED) is 0.618. The van der Waals surface area contributed by atoms with Gasteiger partial charge in [0.05, 0.1) is 11.3 Å². The lowest BCUT2D eigenvalue weighted by Gasteiger charge is -2.35. The van der Waals surface area contributed by atoms with Crippen LogP contribution in [0.25, 0.3) is 0 Å². The molecule has 150 valence electrons. The van der Waals surface area contributed by atoms with Crippen LogP contribution in [0.5, 0.6) is 0 Å². The van der Waals surface area contributed by atoms with E-state index in [1.165, 1.54) is 6.92 Å². The number of carbonyl (C=O) groups is 4. The number of nitrogens with one attached hydrogen (secondary N) is 1. The van der Waals surface area contributed by atoms with Crippen molar-refractivity contribution in [1.29, 1.82) is 0 Å². The SMILES string of the molecule is C[C@@H]1[C@@H](C)CCC[C@H]1NC(=O)[C@@H](C)OC(=O)CN1C(=O)C(=O)c2ccccc21. The van der Waals surface area contributed by atoms with Gasteiger partial charge in [0.1, 0.15) is 6.54 Å². The number of esters is 1. The summed E-state index contributed by atoms with van der Waals surface area (Å²) in [5.41, 5.74) is 0.656. The number of ether oxygens (including phenoxy) is 1. The van der Waals surface area contributed by atoms with Crippen molar-refractivity contribution in [3.8, 4) is 0 Å². The molecule has 3 rings (SSSR count). The summed E-state index contributed by atoms with van der Waals surface area (Å²) in [7, 11) is 0. The lowest BCUT2D eigenvalue weighted by molar-refractivity contribution is -0.154. The molecule has 4 atom stereocenters. The summed E-state index contributed by atoms with van der Waals surface area (Å²) in [6.07, 6.45) is 2.16. The lowest BCUT2D eigenvalue weighted by Crippen LogP contribution is -2.48. The zero-order valence-corrected chi connectivity index (χ0v) is 16.4. The standard InChI is InChI=1S/C21H26N2O5/c1-12-7-6-9-16(13(12)2)22-20(26)14(3)28-18(24)11-23-17-10-5-4-8-15(17)19(25)21(23)27/h4-5,8,10,12-14,16H,6-7,9,11H2,1-3H3,(H,22,26)/t12-,13+,14+,16+/m0/s1. The highest BCUT2D eigenvalue weighted by molar-refractivity contribution is 6.52. The smallest absolute Gasteiger partial charge is 0.326 e. The van der Waals surface area contributed by atoms with E-state index < -0.39 is 30.3 Å². The van der Waals surface area contributed by atoms with Gasteiger partial charge in [0.2, 0.25) is 0 Å². The summed E-state index contributed by atoms with van der Waals surface area (Å²) in [6.45, 7) is 5.41. The molecule has 1 aliphatic heterocycles. The number of rotatable bonds is 5. The molecule has 1 fully saturated rings. The minimum atomic E-state index is -0.972. The van der Waals surface area contributed by atoms with Crippen LogP contribution in [0.4, 0.5) is 5.69 Å². The van der Waals surface area contributed by atoms with E-state index in [1.54, 1.807) is 24.3 Å². The number of anilines is 1. The fourth-order valence-electron chi connectivity index (χ4n) is 3.91. The Hall–Kier alpha value is -2.70. The van der Waals surface area contributed by atoms with Gasteiger partial charge in [0.25, 0.3) is 17.6 Å². The van der Waals surface area contributed by atoms with Gasteiger partial charge in [0, 0.05) is 6.04 Å². The van der Waals surface area contributed by atoms with Crippen LogP contribution in [0.1, 0.15) is 50.4 Å². The van der Waals surface area contributed by atoms with E-state index >= 15 is 0 Å². The maximum Gasteiger partial charge on any atom is 0.326 e. The summed E-state index contributed by atoms with van der Waals surface area (Å²) in [4.78, 5) is 49.9. The van der Waals surface area contributed by atoms with Crippen molar-refractivity contribution < 1.29 is 23.9 Å². The zero-order valence-electron chi connectivity index (χ0n) is 16.4. The third kappa shape index (κ3) is 3.93. The minimum absolute atomic E-state index is 0.0714. The van der Waals surface area contributed by atoms with E-state index in [0.29, 0.717) is 17.5 Å². The number of hydrogen-bond donors (Lipinski definition) is 1. The number of carbonyl (C=O) groups excluding carboxylic acids is 4. The molecule has 7 nitrogen and oxygen atoms in total. The number of amides is 2. The monoisotopic (exact) mass is 386 g/mol. The number of para-hydroxylation sites is 1. The minimum Gasteiger partial charge on any atom is -0.451 e. The Morgan fingerprint density at radius 1 is 1.21 bits per heavy atom. The molecule has 0 unspecified atom stereocenters. The summed E-state index contributed by atoms with van der Waals surface area (Å²) in [5.74, 6) is -1.58. The van der Waals surface area contributed by atoms with Crippen LogP contribution < -0.4 is 10.2 Å². The van der Waals surface area contributed by atoms with Gasteiger partial charge >= 0.3 is 5.97 Å². The van der Waals surface area contributed by atoms with Gasteiger partial charge in [-0.1, -0.05) is 38.8 Å². The van der Waals surface area contributed by atoms with Crippen molar-refractivity contribution >= 4 is 29.3 Å². The molecule has 0 radical (unpaired) electrons. The van der Waals surface area contributed by atoms with Crippen molar-refractivity contribution in [1.82, 2.24) is 5.32 Å². The van der Waals surface area contributed by atoms with Crippen molar-refractivity contribution in [2.45, 2.75) is 52.2 Å². The second-order valence-corrected chi connectivity index (χ2v) is 7.75. The van der Waals surface area contributed by atoms with E-state index in [-0.39, 0.29) is 17.5 Å². The Labute approximate surface area is 164 Å². The Balaban J connectivity index is 1.57.